The van der Waals surface area contributed by atoms with Gasteiger partial charge in [-0.3, -0.25) is 9.69 Å². The monoisotopic (exact) mass is 399 g/mol. The molecule has 1 N–H and O–H groups in total. The molecule has 0 spiro atoms. The number of aliphatic hydroxyl groups is 1. The summed E-state index contributed by atoms with van der Waals surface area (Å²) in [7, 11) is 1.61. The predicted octanol–water partition coefficient (Wildman–Crippen LogP) is 5.88. The van der Waals surface area contributed by atoms with Crippen LogP contribution in [0.1, 0.15) is 42.5 Å². The van der Waals surface area contributed by atoms with Gasteiger partial charge < -0.3 is 9.84 Å². The molecule has 0 bridgehead atoms. The van der Waals surface area contributed by atoms with Crippen LogP contribution in [0.2, 0.25) is 0 Å². The number of benzene rings is 3. The maximum atomic E-state index is 13.2. The van der Waals surface area contributed by atoms with E-state index in [4.69, 9.17) is 4.74 Å². The lowest BCUT2D eigenvalue weighted by Gasteiger charge is -2.28. The van der Waals surface area contributed by atoms with Crippen molar-refractivity contribution in [2.45, 2.75) is 25.8 Å². The van der Waals surface area contributed by atoms with Crippen molar-refractivity contribution in [3.05, 3.63) is 101 Å². The Morgan fingerprint density at radius 3 is 2.10 bits per heavy atom. The molecule has 152 valence electrons. The first-order chi connectivity index (χ1) is 14.5. The van der Waals surface area contributed by atoms with Crippen molar-refractivity contribution >= 4 is 17.2 Å². The van der Waals surface area contributed by atoms with Crippen LogP contribution in [0.4, 0.5) is 5.69 Å². The van der Waals surface area contributed by atoms with Gasteiger partial charge in [0.25, 0.3) is 5.91 Å². The van der Waals surface area contributed by atoms with E-state index in [1.165, 1.54) is 5.56 Å². The molecule has 0 saturated carbocycles. The Morgan fingerprint density at radius 1 is 0.900 bits per heavy atom. The minimum Gasteiger partial charge on any atom is -0.503 e. The minimum absolute atomic E-state index is 0.213. The molecule has 1 aliphatic rings. The van der Waals surface area contributed by atoms with Gasteiger partial charge in [0.15, 0.2) is 5.76 Å². The predicted molar refractivity (Wildman–Crippen MR) is 120 cm³/mol. The fourth-order valence-electron chi connectivity index (χ4n) is 3.91. The van der Waals surface area contributed by atoms with Gasteiger partial charge >= 0.3 is 0 Å². The number of carbonyl (C=O) groups excluding carboxylic acids is 1. The van der Waals surface area contributed by atoms with E-state index in [1.807, 2.05) is 66.7 Å². The number of hydrogen-bond donors (Lipinski definition) is 1. The van der Waals surface area contributed by atoms with Crippen molar-refractivity contribution in [2.24, 2.45) is 0 Å². The first-order valence-corrected chi connectivity index (χ1v) is 10.1. The van der Waals surface area contributed by atoms with E-state index in [9.17, 15) is 9.90 Å². The molecule has 0 unspecified atom stereocenters. The lowest BCUT2D eigenvalue weighted by molar-refractivity contribution is -0.117. The zero-order valence-corrected chi connectivity index (χ0v) is 17.4. The fraction of sp³-hybridized carbons (Fsp3) is 0.192. The molecule has 1 aliphatic heterocycles. The second-order valence-corrected chi connectivity index (χ2v) is 7.73. The summed E-state index contributed by atoms with van der Waals surface area (Å²) in [5.41, 5.74) is 4.34. The van der Waals surface area contributed by atoms with Gasteiger partial charge in [-0.1, -0.05) is 68.4 Å². The highest BCUT2D eigenvalue weighted by Gasteiger charge is 2.41. The summed E-state index contributed by atoms with van der Waals surface area (Å²) in [5.74, 6) is 0.509. The number of aliphatic hydroxyl groups excluding tert-OH is 1. The van der Waals surface area contributed by atoms with E-state index in [0.29, 0.717) is 22.9 Å². The molecular formula is C26H25NO3. The molecule has 1 amide bonds. The number of ether oxygens (including phenoxy) is 1. The molecule has 3 aromatic rings. The minimum atomic E-state index is -0.422. The average Bonchev–Trinajstić information content (AvgIpc) is 3.05. The standard InChI is InChI=1S/C26H25NO3/c1-17(2)18-9-11-20(12-10-18)24-23(19-7-5-4-6-8-19)25(28)26(29)27(24)21-13-15-22(30-3)16-14-21/h4-17,24,28H,1-3H3/t24-/m0/s1. The van der Waals surface area contributed by atoms with Crippen molar-refractivity contribution < 1.29 is 14.6 Å². The van der Waals surface area contributed by atoms with E-state index in [1.54, 1.807) is 12.0 Å². The van der Waals surface area contributed by atoms with Gasteiger partial charge in [-0.2, -0.15) is 0 Å². The molecule has 4 heteroatoms. The van der Waals surface area contributed by atoms with Gasteiger partial charge in [0.05, 0.1) is 13.2 Å². The van der Waals surface area contributed by atoms with Crippen molar-refractivity contribution in [3.63, 3.8) is 0 Å². The number of rotatable bonds is 5. The third-order valence-electron chi connectivity index (χ3n) is 5.56. The lowest BCUT2D eigenvalue weighted by atomic mass is 9.91. The molecule has 0 radical (unpaired) electrons. The van der Waals surface area contributed by atoms with Gasteiger partial charge in [-0.25, -0.2) is 0 Å². The second-order valence-electron chi connectivity index (χ2n) is 7.73. The number of carbonyl (C=O) groups is 1. The highest BCUT2D eigenvalue weighted by molar-refractivity contribution is 6.16. The SMILES string of the molecule is COc1ccc(N2C(=O)C(O)=C(c3ccccc3)[C@@H]2c2ccc(C(C)C)cc2)cc1. The molecule has 0 saturated heterocycles. The van der Waals surface area contributed by atoms with Gasteiger partial charge in [0.2, 0.25) is 0 Å². The summed E-state index contributed by atoms with van der Waals surface area (Å²) in [4.78, 5) is 14.8. The summed E-state index contributed by atoms with van der Waals surface area (Å²) in [5, 5.41) is 10.9. The van der Waals surface area contributed by atoms with Crippen LogP contribution < -0.4 is 9.64 Å². The van der Waals surface area contributed by atoms with E-state index in [-0.39, 0.29) is 5.76 Å². The highest BCUT2D eigenvalue weighted by Crippen LogP contribution is 2.45. The number of amides is 1. The van der Waals surface area contributed by atoms with Crippen LogP contribution in [0.25, 0.3) is 5.57 Å². The first kappa shape index (κ1) is 19.8. The molecule has 1 heterocycles. The summed E-state index contributed by atoms with van der Waals surface area (Å²) >= 11 is 0. The summed E-state index contributed by atoms with van der Waals surface area (Å²) in [6, 6.07) is 24.8. The van der Waals surface area contributed by atoms with Gasteiger partial charge in [-0.15, -0.1) is 0 Å². The number of nitrogens with zero attached hydrogens (tertiary/aromatic N) is 1. The Morgan fingerprint density at radius 2 is 1.53 bits per heavy atom. The molecule has 0 fully saturated rings. The summed E-state index contributed by atoms with van der Waals surface area (Å²) < 4.78 is 5.25. The third kappa shape index (κ3) is 3.45. The number of methoxy groups -OCH3 is 1. The molecule has 0 aliphatic carbocycles. The Kier molecular flexibility index (Phi) is 5.32. The van der Waals surface area contributed by atoms with E-state index >= 15 is 0 Å². The van der Waals surface area contributed by atoms with Crippen LogP contribution in [0, 0.1) is 0 Å². The summed E-state index contributed by atoms with van der Waals surface area (Å²) in [6.45, 7) is 4.30. The Bertz CT molecular complexity index is 1070. The second kappa shape index (κ2) is 8.07. The summed E-state index contributed by atoms with van der Waals surface area (Å²) in [6.07, 6.45) is 0. The molecule has 1 atom stereocenters. The van der Waals surface area contributed by atoms with E-state index in [2.05, 4.69) is 26.0 Å². The van der Waals surface area contributed by atoms with E-state index < -0.39 is 11.9 Å². The van der Waals surface area contributed by atoms with Crippen molar-refractivity contribution in [3.8, 4) is 5.75 Å². The van der Waals surface area contributed by atoms with Gasteiger partial charge in [0.1, 0.15) is 5.75 Å². The normalized spacial score (nSPS) is 16.5. The van der Waals surface area contributed by atoms with Crippen LogP contribution in [0.15, 0.2) is 84.6 Å². The topological polar surface area (TPSA) is 49.8 Å². The zero-order valence-electron chi connectivity index (χ0n) is 17.4. The molecule has 4 rings (SSSR count). The van der Waals surface area contributed by atoms with Crippen LogP contribution >= 0.6 is 0 Å². The number of anilines is 1. The Hall–Kier alpha value is -3.53. The molecule has 4 nitrogen and oxygen atoms in total. The van der Waals surface area contributed by atoms with Crippen molar-refractivity contribution in [1.29, 1.82) is 0 Å². The largest absolute Gasteiger partial charge is 0.503 e. The van der Waals surface area contributed by atoms with Crippen LogP contribution in [-0.2, 0) is 4.79 Å². The molecular weight excluding hydrogens is 374 g/mol. The van der Waals surface area contributed by atoms with Crippen LogP contribution in [0.3, 0.4) is 0 Å². The quantitative estimate of drug-likeness (QED) is 0.583. The van der Waals surface area contributed by atoms with Gasteiger partial charge in [0, 0.05) is 11.3 Å². The van der Waals surface area contributed by atoms with Crippen LogP contribution in [-0.4, -0.2) is 18.1 Å². The smallest absolute Gasteiger partial charge is 0.294 e. The maximum Gasteiger partial charge on any atom is 0.294 e. The van der Waals surface area contributed by atoms with E-state index in [0.717, 1.165) is 11.1 Å². The fourth-order valence-corrected chi connectivity index (χ4v) is 3.91. The van der Waals surface area contributed by atoms with Crippen molar-refractivity contribution in [2.75, 3.05) is 12.0 Å². The molecule has 0 aromatic heterocycles. The van der Waals surface area contributed by atoms with Crippen molar-refractivity contribution in [1.82, 2.24) is 0 Å². The van der Waals surface area contributed by atoms with Crippen LogP contribution in [0.5, 0.6) is 5.75 Å². The average molecular weight is 399 g/mol. The molecule has 30 heavy (non-hydrogen) atoms. The van der Waals surface area contributed by atoms with Gasteiger partial charge in [-0.05, 0) is 46.9 Å². The zero-order chi connectivity index (χ0) is 21.3. The Labute approximate surface area is 177 Å². The highest BCUT2D eigenvalue weighted by atomic mass is 16.5. The molecule has 3 aromatic carbocycles. The first-order valence-electron chi connectivity index (χ1n) is 10.1. The number of hydrogen-bond acceptors (Lipinski definition) is 3. The lowest BCUT2D eigenvalue weighted by Crippen LogP contribution is -2.30. The third-order valence-corrected chi connectivity index (χ3v) is 5.56. The Balaban J connectivity index is 1.85. The maximum absolute atomic E-state index is 13.2.